The maximum atomic E-state index is 9.32. The molecular formula is C18H3N11. The standard InChI is InChI=1S/C18H3N11/c1-7-8(5-19)25-11-10(24-7)12-13(27-16(21-2)9(6-20)26-12)15-14(11)28-17(22-3)18(23-4)29-15/h1H3. The van der Waals surface area contributed by atoms with Crippen LogP contribution in [0.3, 0.4) is 0 Å². The van der Waals surface area contributed by atoms with Gasteiger partial charge in [0.2, 0.25) is 11.0 Å². The highest BCUT2D eigenvalue weighted by molar-refractivity contribution is 6.18. The van der Waals surface area contributed by atoms with Gasteiger partial charge in [0, 0.05) is 0 Å². The Hall–Kier alpha value is -5.31. The van der Waals surface area contributed by atoms with Crippen molar-refractivity contribution in [1.82, 2.24) is 29.9 Å². The molecule has 0 unspecified atom stereocenters. The van der Waals surface area contributed by atoms with Crippen molar-refractivity contribution in [3.05, 3.63) is 51.3 Å². The van der Waals surface area contributed by atoms with Crippen LogP contribution in [0.25, 0.3) is 47.6 Å². The molecule has 4 rings (SSSR count). The Morgan fingerprint density at radius 3 is 1.41 bits per heavy atom. The van der Waals surface area contributed by atoms with Gasteiger partial charge in [0.25, 0.3) is 17.2 Å². The number of benzene rings is 1. The summed E-state index contributed by atoms with van der Waals surface area (Å²) in [4.78, 5) is 35.1. The first-order valence-electron chi connectivity index (χ1n) is 7.72. The van der Waals surface area contributed by atoms with Crippen LogP contribution in [0.4, 0.5) is 17.5 Å². The number of nitriles is 2. The van der Waals surface area contributed by atoms with Gasteiger partial charge in [-0.3, -0.25) is 0 Å². The second-order valence-corrected chi connectivity index (χ2v) is 5.57. The molecule has 0 aliphatic heterocycles. The van der Waals surface area contributed by atoms with Crippen LogP contribution < -0.4 is 0 Å². The molecule has 0 saturated carbocycles. The Morgan fingerprint density at radius 1 is 0.586 bits per heavy atom. The van der Waals surface area contributed by atoms with Gasteiger partial charge in [-0.1, -0.05) is 19.7 Å². The quantitative estimate of drug-likeness (QED) is 0.338. The lowest BCUT2D eigenvalue weighted by molar-refractivity contribution is 1.14. The van der Waals surface area contributed by atoms with E-state index in [1.54, 1.807) is 6.92 Å². The number of hydrogen-bond acceptors (Lipinski definition) is 8. The van der Waals surface area contributed by atoms with Gasteiger partial charge in [-0.15, -0.1) is 15.0 Å². The molecule has 0 aliphatic rings. The normalized spacial score (nSPS) is 10.1. The van der Waals surface area contributed by atoms with E-state index in [1.165, 1.54) is 0 Å². The van der Waals surface area contributed by atoms with Crippen molar-refractivity contribution in [2.75, 3.05) is 0 Å². The molecule has 0 spiro atoms. The molecule has 0 atom stereocenters. The predicted molar refractivity (Wildman–Crippen MR) is 98.7 cm³/mol. The van der Waals surface area contributed by atoms with Gasteiger partial charge in [-0.2, -0.15) is 10.5 Å². The maximum absolute atomic E-state index is 9.32. The van der Waals surface area contributed by atoms with Crippen molar-refractivity contribution in [1.29, 1.82) is 10.5 Å². The van der Waals surface area contributed by atoms with Gasteiger partial charge in [0.15, 0.2) is 11.4 Å². The Kier molecular flexibility index (Phi) is 3.63. The lowest BCUT2D eigenvalue weighted by Crippen LogP contribution is -2.01. The summed E-state index contributed by atoms with van der Waals surface area (Å²) in [5.74, 6) is -0.718. The van der Waals surface area contributed by atoms with E-state index in [1.807, 2.05) is 12.1 Å². The molecule has 29 heavy (non-hydrogen) atoms. The van der Waals surface area contributed by atoms with Crippen LogP contribution in [0.2, 0.25) is 0 Å². The van der Waals surface area contributed by atoms with Crippen LogP contribution >= 0.6 is 0 Å². The van der Waals surface area contributed by atoms with E-state index in [0.29, 0.717) is 5.69 Å². The molecule has 0 amide bonds. The van der Waals surface area contributed by atoms with E-state index in [4.69, 9.17) is 19.7 Å². The summed E-state index contributed by atoms with van der Waals surface area (Å²) in [7, 11) is 0. The van der Waals surface area contributed by atoms with E-state index < -0.39 is 0 Å². The number of nitrogens with zero attached hydrogens (tertiary/aromatic N) is 11. The molecule has 3 aromatic heterocycles. The highest BCUT2D eigenvalue weighted by Gasteiger charge is 2.27. The number of fused-ring (bicyclic) bond motifs is 6. The van der Waals surface area contributed by atoms with E-state index >= 15 is 0 Å². The van der Waals surface area contributed by atoms with Crippen molar-refractivity contribution in [2.24, 2.45) is 0 Å². The second kappa shape index (κ2) is 6.14. The SMILES string of the molecule is [C-]#[N+]c1nc2c(nc1C#N)c1nc(C)c(C#N)nc1c1nc([N+]#[C-])c([N+]#[C-])nc21. The summed E-state index contributed by atoms with van der Waals surface area (Å²) < 4.78 is 0. The van der Waals surface area contributed by atoms with Crippen molar-refractivity contribution >= 4 is 50.6 Å². The predicted octanol–water partition coefficient (Wildman–Crippen LogP) is 3.22. The molecule has 3 heterocycles. The molecule has 0 N–H and O–H groups in total. The Balaban J connectivity index is 2.41. The summed E-state index contributed by atoms with van der Waals surface area (Å²) in [6.07, 6.45) is 0. The van der Waals surface area contributed by atoms with Crippen LogP contribution in [0.1, 0.15) is 17.1 Å². The number of aryl methyl sites for hydroxylation is 1. The zero-order valence-electron chi connectivity index (χ0n) is 14.4. The van der Waals surface area contributed by atoms with E-state index in [0.717, 1.165) is 0 Å². The number of rotatable bonds is 0. The van der Waals surface area contributed by atoms with Crippen LogP contribution in [0.15, 0.2) is 0 Å². The smallest absolute Gasteiger partial charge is 0.307 e. The minimum absolute atomic E-state index is 0.0461. The van der Waals surface area contributed by atoms with Crippen molar-refractivity contribution in [2.45, 2.75) is 6.92 Å². The molecule has 4 aromatic rings. The fourth-order valence-corrected chi connectivity index (χ4v) is 2.76. The van der Waals surface area contributed by atoms with Crippen molar-refractivity contribution in [3.63, 3.8) is 0 Å². The number of hydrogen-bond donors (Lipinski definition) is 0. The highest BCUT2D eigenvalue weighted by Crippen LogP contribution is 2.35. The molecule has 130 valence electrons. The van der Waals surface area contributed by atoms with Gasteiger partial charge in [-0.25, -0.2) is 15.0 Å². The van der Waals surface area contributed by atoms with E-state index in [2.05, 4.69) is 44.4 Å². The molecule has 0 radical (unpaired) electrons. The van der Waals surface area contributed by atoms with Crippen molar-refractivity contribution in [3.8, 4) is 12.1 Å². The third-order valence-electron chi connectivity index (χ3n) is 4.01. The van der Waals surface area contributed by atoms with Crippen LogP contribution in [-0.2, 0) is 0 Å². The van der Waals surface area contributed by atoms with Gasteiger partial charge in [0.05, 0.1) is 5.69 Å². The summed E-state index contributed by atoms with van der Waals surface area (Å²) in [6.45, 7) is 23.3. The monoisotopic (exact) mass is 373 g/mol. The second-order valence-electron chi connectivity index (χ2n) is 5.57. The first kappa shape index (κ1) is 17.1. The van der Waals surface area contributed by atoms with Gasteiger partial charge in [0.1, 0.15) is 28.7 Å². The minimum atomic E-state index is -0.246. The largest absolute Gasteiger partial charge is 0.370 e. The number of aromatic nitrogens is 6. The molecule has 0 bridgehead atoms. The fourth-order valence-electron chi connectivity index (χ4n) is 2.76. The zero-order valence-corrected chi connectivity index (χ0v) is 14.4. The topological polar surface area (TPSA) is 138 Å². The fraction of sp³-hybridized carbons (Fsp3) is 0.0556. The van der Waals surface area contributed by atoms with Crippen molar-refractivity contribution < 1.29 is 0 Å². The van der Waals surface area contributed by atoms with Crippen LogP contribution in [-0.4, -0.2) is 29.9 Å². The minimum Gasteiger partial charge on any atom is -0.370 e. The molecule has 11 heteroatoms. The molecule has 11 nitrogen and oxygen atoms in total. The maximum Gasteiger partial charge on any atom is 0.307 e. The molecular weight excluding hydrogens is 370 g/mol. The Bertz CT molecular complexity index is 1570. The molecule has 0 fully saturated rings. The summed E-state index contributed by atoms with van der Waals surface area (Å²) >= 11 is 0. The first-order chi connectivity index (χ1) is 14.1. The van der Waals surface area contributed by atoms with E-state index in [9.17, 15) is 10.5 Å². The Morgan fingerprint density at radius 2 is 0.966 bits per heavy atom. The van der Waals surface area contributed by atoms with Crippen LogP contribution in [0.5, 0.6) is 0 Å². The molecule has 1 aromatic carbocycles. The van der Waals surface area contributed by atoms with Gasteiger partial charge in [-0.05, 0) is 6.92 Å². The molecule has 0 saturated heterocycles. The third kappa shape index (κ3) is 2.32. The average molecular weight is 373 g/mol. The first-order valence-corrected chi connectivity index (χ1v) is 7.72. The third-order valence-corrected chi connectivity index (χ3v) is 4.01. The van der Waals surface area contributed by atoms with Gasteiger partial charge < -0.3 is 14.5 Å². The summed E-state index contributed by atoms with van der Waals surface area (Å²) in [5, 5.41) is 18.6. The summed E-state index contributed by atoms with van der Waals surface area (Å²) in [6, 6.07) is 3.75. The van der Waals surface area contributed by atoms with Gasteiger partial charge >= 0.3 is 5.82 Å². The lowest BCUT2D eigenvalue weighted by atomic mass is 10.1. The van der Waals surface area contributed by atoms with E-state index in [-0.39, 0.29) is 61.9 Å². The Labute approximate surface area is 162 Å². The lowest BCUT2D eigenvalue weighted by Gasteiger charge is -2.05. The van der Waals surface area contributed by atoms with Crippen LogP contribution in [0, 0.1) is 49.3 Å². The molecule has 0 aliphatic carbocycles. The average Bonchev–Trinajstić information content (AvgIpc) is 2.76. The highest BCUT2D eigenvalue weighted by atomic mass is 15.0. The zero-order chi connectivity index (χ0) is 20.7. The summed E-state index contributed by atoms with van der Waals surface area (Å²) in [5.41, 5.74) is 0.925.